The zero-order valence-electron chi connectivity index (χ0n) is 11.5. The van der Waals surface area contributed by atoms with E-state index in [0.29, 0.717) is 10.8 Å². The maximum Gasteiger partial charge on any atom is 0.137 e. The van der Waals surface area contributed by atoms with Gasteiger partial charge in [0.15, 0.2) is 0 Å². The Morgan fingerprint density at radius 3 is 2.50 bits per heavy atom. The van der Waals surface area contributed by atoms with Gasteiger partial charge in [0, 0.05) is 17.1 Å². The highest BCUT2D eigenvalue weighted by Gasteiger charge is 2.06. The topological polar surface area (TPSA) is 21.3 Å². The summed E-state index contributed by atoms with van der Waals surface area (Å²) in [6.07, 6.45) is 0. The molecule has 0 radical (unpaired) electrons. The van der Waals surface area contributed by atoms with Crippen molar-refractivity contribution < 1.29 is 4.74 Å². The SMILES string of the molecule is COc1ccc(CN[C@H](C)c2ccc(Br)cc2)cc1Cl. The van der Waals surface area contributed by atoms with E-state index in [9.17, 15) is 0 Å². The summed E-state index contributed by atoms with van der Waals surface area (Å²) in [6, 6.07) is 14.5. The van der Waals surface area contributed by atoms with Crippen LogP contribution >= 0.6 is 27.5 Å². The molecule has 1 N–H and O–H groups in total. The molecule has 106 valence electrons. The van der Waals surface area contributed by atoms with Crippen LogP contribution in [-0.4, -0.2) is 7.11 Å². The predicted molar refractivity (Wildman–Crippen MR) is 87.4 cm³/mol. The summed E-state index contributed by atoms with van der Waals surface area (Å²) < 4.78 is 6.24. The maximum absolute atomic E-state index is 6.12. The summed E-state index contributed by atoms with van der Waals surface area (Å²) in [6.45, 7) is 2.91. The Hall–Kier alpha value is -1.03. The Morgan fingerprint density at radius 1 is 1.20 bits per heavy atom. The van der Waals surface area contributed by atoms with Crippen molar-refractivity contribution >= 4 is 27.5 Å². The van der Waals surface area contributed by atoms with E-state index in [1.54, 1.807) is 7.11 Å². The van der Waals surface area contributed by atoms with E-state index >= 15 is 0 Å². The first kappa shape index (κ1) is 15.4. The number of nitrogens with one attached hydrogen (secondary N) is 1. The van der Waals surface area contributed by atoms with Crippen LogP contribution in [0, 0.1) is 0 Å². The number of ether oxygens (including phenoxy) is 1. The Bertz CT molecular complexity index is 571. The fourth-order valence-corrected chi connectivity index (χ4v) is 2.50. The lowest BCUT2D eigenvalue weighted by Crippen LogP contribution is -2.18. The van der Waals surface area contributed by atoms with Gasteiger partial charge in [-0.05, 0) is 42.3 Å². The van der Waals surface area contributed by atoms with Crippen LogP contribution in [0.2, 0.25) is 5.02 Å². The Balaban J connectivity index is 1.97. The van der Waals surface area contributed by atoms with Crippen molar-refractivity contribution in [1.29, 1.82) is 0 Å². The molecule has 2 aromatic rings. The van der Waals surface area contributed by atoms with E-state index in [0.717, 1.165) is 16.6 Å². The first-order valence-corrected chi connectivity index (χ1v) is 7.58. The number of hydrogen-bond acceptors (Lipinski definition) is 2. The monoisotopic (exact) mass is 353 g/mol. The van der Waals surface area contributed by atoms with Gasteiger partial charge < -0.3 is 10.1 Å². The molecule has 0 aromatic heterocycles. The van der Waals surface area contributed by atoms with Crippen LogP contribution < -0.4 is 10.1 Å². The van der Waals surface area contributed by atoms with Gasteiger partial charge in [-0.3, -0.25) is 0 Å². The van der Waals surface area contributed by atoms with Gasteiger partial charge >= 0.3 is 0 Å². The van der Waals surface area contributed by atoms with E-state index in [-0.39, 0.29) is 6.04 Å². The van der Waals surface area contributed by atoms with Crippen molar-refractivity contribution in [3.63, 3.8) is 0 Å². The first-order chi connectivity index (χ1) is 9.60. The second-order valence-corrected chi connectivity index (χ2v) is 5.95. The van der Waals surface area contributed by atoms with Crippen LogP contribution in [0.4, 0.5) is 0 Å². The standard InChI is InChI=1S/C16H17BrClNO/c1-11(13-4-6-14(17)7-5-13)19-10-12-3-8-16(20-2)15(18)9-12/h3-9,11,19H,10H2,1-2H3/t11-/m1/s1. The summed E-state index contributed by atoms with van der Waals surface area (Å²) in [7, 11) is 1.62. The largest absolute Gasteiger partial charge is 0.495 e. The lowest BCUT2D eigenvalue weighted by Gasteiger charge is -2.15. The van der Waals surface area contributed by atoms with Gasteiger partial charge in [-0.2, -0.15) is 0 Å². The first-order valence-electron chi connectivity index (χ1n) is 6.41. The normalized spacial score (nSPS) is 12.2. The third-order valence-electron chi connectivity index (χ3n) is 3.20. The summed E-state index contributed by atoms with van der Waals surface area (Å²) in [5.74, 6) is 0.705. The zero-order valence-corrected chi connectivity index (χ0v) is 13.8. The third-order valence-corrected chi connectivity index (χ3v) is 4.02. The smallest absolute Gasteiger partial charge is 0.137 e. The molecule has 0 fully saturated rings. The van der Waals surface area contributed by atoms with Crippen molar-refractivity contribution in [2.75, 3.05) is 7.11 Å². The van der Waals surface area contributed by atoms with Crippen LogP contribution in [-0.2, 0) is 6.54 Å². The summed E-state index contributed by atoms with van der Waals surface area (Å²) >= 11 is 9.57. The van der Waals surface area contributed by atoms with Gasteiger partial charge in [-0.15, -0.1) is 0 Å². The highest BCUT2D eigenvalue weighted by molar-refractivity contribution is 9.10. The summed E-state index contributed by atoms with van der Waals surface area (Å²) in [5, 5.41) is 4.13. The fraction of sp³-hybridized carbons (Fsp3) is 0.250. The number of benzene rings is 2. The van der Waals surface area contributed by atoms with Crippen LogP contribution in [0.5, 0.6) is 5.75 Å². The third kappa shape index (κ3) is 3.98. The molecule has 0 aliphatic rings. The molecule has 4 heteroatoms. The lowest BCUT2D eigenvalue weighted by molar-refractivity contribution is 0.414. The van der Waals surface area contributed by atoms with E-state index < -0.39 is 0 Å². The minimum Gasteiger partial charge on any atom is -0.495 e. The minimum absolute atomic E-state index is 0.281. The molecule has 0 aliphatic carbocycles. The number of rotatable bonds is 5. The van der Waals surface area contributed by atoms with E-state index in [1.807, 2.05) is 18.2 Å². The molecule has 0 heterocycles. The average molecular weight is 355 g/mol. The van der Waals surface area contributed by atoms with E-state index in [4.69, 9.17) is 16.3 Å². The molecule has 0 unspecified atom stereocenters. The van der Waals surface area contributed by atoms with Gasteiger partial charge in [0.2, 0.25) is 0 Å². The lowest BCUT2D eigenvalue weighted by atomic mass is 10.1. The predicted octanol–water partition coefficient (Wildman–Crippen LogP) is 4.96. The quantitative estimate of drug-likeness (QED) is 0.819. The van der Waals surface area contributed by atoms with Gasteiger partial charge in [0.1, 0.15) is 5.75 Å². The molecule has 20 heavy (non-hydrogen) atoms. The van der Waals surface area contributed by atoms with E-state index in [1.165, 1.54) is 5.56 Å². The summed E-state index contributed by atoms with van der Waals surface area (Å²) in [5.41, 5.74) is 2.40. The number of methoxy groups -OCH3 is 1. The highest BCUT2D eigenvalue weighted by atomic mass is 79.9. The molecule has 0 amide bonds. The van der Waals surface area contributed by atoms with Gasteiger partial charge in [-0.1, -0.05) is 45.7 Å². The van der Waals surface area contributed by atoms with Gasteiger partial charge in [-0.25, -0.2) is 0 Å². The second-order valence-electron chi connectivity index (χ2n) is 4.62. The molecule has 0 aliphatic heterocycles. The minimum atomic E-state index is 0.281. The highest BCUT2D eigenvalue weighted by Crippen LogP contribution is 2.25. The molecule has 1 atom stereocenters. The van der Waals surface area contributed by atoms with Crippen LogP contribution in [0.15, 0.2) is 46.9 Å². The van der Waals surface area contributed by atoms with Crippen molar-refractivity contribution in [2.45, 2.75) is 19.5 Å². The van der Waals surface area contributed by atoms with Gasteiger partial charge in [0.25, 0.3) is 0 Å². The zero-order chi connectivity index (χ0) is 14.5. The molecular weight excluding hydrogens is 338 g/mol. The molecular formula is C16H17BrClNO. The van der Waals surface area contributed by atoms with Gasteiger partial charge in [0.05, 0.1) is 12.1 Å². The molecule has 0 spiro atoms. The number of halogens is 2. The molecule has 2 rings (SSSR count). The van der Waals surface area contributed by atoms with Crippen LogP contribution in [0.25, 0.3) is 0 Å². The molecule has 0 bridgehead atoms. The molecule has 2 aromatic carbocycles. The fourth-order valence-electron chi connectivity index (χ4n) is 1.96. The Morgan fingerprint density at radius 2 is 1.90 bits per heavy atom. The molecule has 2 nitrogen and oxygen atoms in total. The number of hydrogen-bond donors (Lipinski definition) is 1. The van der Waals surface area contributed by atoms with Crippen molar-refractivity contribution in [2.24, 2.45) is 0 Å². The summed E-state index contributed by atoms with van der Waals surface area (Å²) in [4.78, 5) is 0. The molecule has 0 saturated heterocycles. The Labute approximate surface area is 133 Å². The van der Waals surface area contributed by atoms with Crippen LogP contribution in [0.3, 0.4) is 0 Å². The van der Waals surface area contributed by atoms with Crippen LogP contribution in [0.1, 0.15) is 24.1 Å². The van der Waals surface area contributed by atoms with Crippen molar-refractivity contribution in [3.8, 4) is 5.75 Å². The Kier molecular flexibility index (Phi) is 5.46. The van der Waals surface area contributed by atoms with Crippen molar-refractivity contribution in [3.05, 3.63) is 63.1 Å². The van der Waals surface area contributed by atoms with Crippen molar-refractivity contribution in [1.82, 2.24) is 5.32 Å². The second kappa shape index (κ2) is 7.11. The molecule has 0 saturated carbocycles. The average Bonchev–Trinajstić information content (AvgIpc) is 2.45. The van der Waals surface area contributed by atoms with E-state index in [2.05, 4.69) is 52.4 Å². The maximum atomic E-state index is 6.12.